The minimum atomic E-state index is 0.909. The van der Waals surface area contributed by atoms with Gasteiger partial charge in [-0.15, -0.1) is 11.3 Å². The van der Waals surface area contributed by atoms with Crippen LogP contribution in [0.2, 0.25) is 0 Å². The third kappa shape index (κ3) is 2.30. The lowest BCUT2D eigenvalue weighted by molar-refractivity contribution is 1.30. The number of benzene rings is 2. The molecule has 2 aromatic heterocycles. The maximum Gasteiger partial charge on any atom is 0.117 e. The molecule has 4 aromatic rings. The van der Waals surface area contributed by atoms with E-state index in [9.17, 15) is 0 Å². The Balaban J connectivity index is 1.80. The summed E-state index contributed by atoms with van der Waals surface area (Å²) in [5.41, 5.74) is 3.97. The Bertz CT molecular complexity index is 942. The topological polar surface area (TPSA) is 38.7 Å². The predicted molar refractivity (Wildman–Crippen MR) is 88.1 cm³/mol. The normalized spacial score (nSPS) is 11.6. The molecule has 2 heterocycles. The summed E-state index contributed by atoms with van der Waals surface area (Å²) in [7, 11) is 0. The summed E-state index contributed by atoms with van der Waals surface area (Å²) in [5, 5.41) is 0.979. The number of aromatic nitrogens is 3. The van der Waals surface area contributed by atoms with Gasteiger partial charge in [0, 0.05) is 12.4 Å². The Morgan fingerprint density at radius 2 is 1.62 bits per heavy atom. The maximum absolute atomic E-state index is 4.64. The molecule has 3 nitrogen and oxygen atoms in total. The van der Waals surface area contributed by atoms with Crippen LogP contribution in [0.15, 0.2) is 54.9 Å². The summed E-state index contributed by atoms with van der Waals surface area (Å²) >= 11 is 1.65. The van der Waals surface area contributed by atoms with Gasteiger partial charge in [-0.05, 0) is 23.8 Å². The van der Waals surface area contributed by atoms with Crippen LogP contribution >= 0.6 is 11.3 Å². The van der Waals surface area contributed by atoms with Crippen molar-refractivity contribution in [2.45, 2.75) is 0 Å². The third-order valence-electron chi connectivity index (χ3n) is 3.23. The summed E-state index contributed by atoms with van der Waals surface area (Å²) in [4.78, 5) is 13.4. The van der Waals surface area contributed by atoms with E-state index < -0.39 is 0 Å². The van der Waals surface area contributed by atoms with E-state index in [4.69, 9.17) is 0 Å². The summed E-state index contributed by atoms with van der Waals surface area (Å²) in [6.45, 7) is 0. The Morgan fingerprint density at radius 3 is 2.52 bits per heavy atom. The smallest absolute Gasteiger partial charge is 0.117 e. The first-order valence-electron chi connectivity index (χ1n) is 6.63. The van der Waals surface area contributed by atoms with Crippen LogP contribution in [0.5, 0.6) is 0 Å². The highest BCUT2D eigenvalue weighted by Crippen LogP contribution is 2.28. The van der Waals surface area contributed by atoms with E-state index in [1.54, 1.807) is 23.7 Å². The van der Waals surface area contributed by atoms with Crippen LogP contribution in [0.1, 0.15) is 10.6 Å². The quantitative estimate of drug-likeness (QED) is 0.548. The second kappa shape index (κ2) is 5.07. The molecule has 100 valence electrons. The fourth-order valence-electron chi connectivity index (χ4n) is 2.24. The molecule has 0 N–H and O–H groups in total. The molecule has 0 radical (unpaired) electrons. The van der Waals surface area contributed by atoms with Crippen LogP contribution in [0.4, 0.5) is 0 Å². The predicted octanol–water partition coefficient (Wildman–Crippen LogP) is 4.41. The number of hydrogen-bond donors (Lipinski definition) is 0. The highest BCUT2D eigenvalue weighted by Gasteiger charge is 2.07. The van der Waals surface area contributed by atoms with Gasteiger partial charge < -0.3 is 0 Å². The molecular formula is C17H11N3S. The van der Waals surface area contributed by atoms with Crippen molar-refractivity contribution in [3.63, 3.8) is 0 Å². The van der Waals surface area contributed by atoms with Gasteiger partial charge in [0.05, 0.1) is 15.7 Å². The fourth-order valence-corrected chi connectivity index (χ4v) is 3.20. The molecule has 0 aliphatic heterocycles. The molecule has 21 heavy (non-hydrogen) atoms. The lowest BCUT2D eigenvalue weighted by atomic mass is 10.2. The van der Waals surface area contributed by atoms with E-state index >= 15 is 0 Å². The fraction of sp³-hybridized carbons (Fsp3) is 0. The van der Waals surface area contributed by atoms with Gasteiger partial charge in [0.1, 0.15) is 10.5 Å². The second-order valence-corrected chi connectivity index (χ2v) is 5.66. The van der Waals surface area contributed by atoms with Crippen molar-refractivity contribution in [1.82, 2.24) is 15.0 Å². The zero-order valence-electron chi connectivity index (χ0n) is 11.1. The molecule has 4 heteroatoms. The van der Waals surface area contributed by atoms with Gasteiger partial charge in [0.15, 0.2) is 0 Å². The first-order chi connectivity index (χ1) is 10.4. The summed E-state index contributed by atoms with van der Waals surface area (Å²) in [6.07, 6.45) is 7.56. The van der Waals surface area contributed by atoms with Crippen molar-refractivity contribution >= 4 is 44.7 Å². The molecular weight excluding hydrogens is 278 g/mol. The summed E-state index contributed by atoms with van der Waals surface area (Å²) in [6, 6.07) is 14.2. The maximum atomic E-state index is 4.64. The van der Waals surface area contributed by atoms with E-state index in [0.29, 0.717) is 0 Å². The van der Waals surface area contributed by atoms with Gasteiger partial charge in [-0.1, -0.05) is 36.4 Å². The van der Waals surface area contributed by atoms with Gasteiger partial charge in [-0.3, -0.25) is 9.97 Å². The minimum Gasteiger partial charge on any atom is -0.253 e. The summed E-state index contributed by atoms with van der Waals surface area (Å²) < 4.78 is 1.09. The van der Waals surface area contributed by atoms with Crippen LogP contribution in [0.3, 0.4) is 0 Å². The number of thiazole rings is 1. The van der Waals surface area contributed by atoms with Crippen LogP contribution in [-0.2, 0) is 0 Å². The number of rotatable bonds is 2. The van der Waals surface area contributed by atoms with Crippen LogP contribution < -0.4 is 0 Å². The SMILES string of the molecule is C(=Cc1nc2ccc3nccnc3c2s1)c1ccccc1. The molecule has 0 bridgehead atoms. The van der Waals surface area contributed by atoms with Crippen LogP contribution in [0, 0.1) is 0 Å². The largest absolute Gasteiger partial charge is 0.253 e. The number of hydrogen-bond acceptors (Lipinski definition) is 4. The van der Waals surface area contributed by atoms with Crippen LogP contribution in [0.25, 0.3) is 33.4 Å². The zero-order valence-corrected chi connectivity index (χ0v) is 11.9. The average molecular weight is 289 g/mol. The molecule has 0 saturated carbocycles. The van der Waals surface area contributed by atoms with Crippen molar-refractivity contribution in [1.29, 1.82) is 0 Å². The molecule has 0 atom stereocenters. The third-order valence-corrected chi connectivity index (χ3v) is 4.27. The molecule has 0 saturated heterocycles. The van der Waals surface area contributed by atoms with Gasteiger partial charge in [0.25, 0.3) is 0 Å². The van der Waals surface area contributed by atoms with Gasteiger partial charge in [-0.2, -0.15) is 0 Å². The average Bonchev–Trinajstić information content (AvgIpc) is 2.97. The Labute approximate surface area is 125 Å². The van der Waals surface area contributed by atoms with Gasteiger partial charge in [-0.25, -0.2) is 4.98 Å². The molecule has 0 fully saturated rings. The highest BCUT2D eigenvalue weighted by molar-refractivity contribution is 7.20. The molecule has 0 amide bonds. The second-order valence-electron chi connectivity index (χ2n) is 4.63. The Hall–Kier alpha value is -2.59. The molecule has 0 spiro atoms. The zero-order chi connectivity index (χ0) is 14.1. The lowest BCUT2D eigenvalue weighted by Crippen LogP contribution is -1.81. The molecule has 2 aromatic carbocycles. The molecule has 0 unspecified atom stereocenters. The Kier molecular flexibility index (Phi) is 2.94. The number of fused-ring (bicyclic) bond motifs is 3. The van der Waals surface area contributed by atoms with Crippen molar-refractivity contribution in [2.24, 2.45) is 0 Å². The van der Waals surface area contributed by atoms with Crippen molar-refractivity contribution in [3.8, 4) is 0 Å². The van der Waals surface area contributed by atoms with Gasteiger partial charge >= 0.3 is 0 Å². The first kappa shape index (κ1) is 12.2. The van der Waals surface area contributed by atoms with E-state index in [-0.39, 0.29) is 0 Å². The van der Waals surface area contributed by atoms with E-state index in [1.807, 2.05) is 36.4 Å². The molecule has 4 rings (SSSR count). The lowest BCUT2D eigenvalue weighted by Gasteiger charge is -1.94. The standard InChI is InChI=1S/C17H11N3S/c1-2-4-12(5-3-1)6-9-15-20-14-8-7-13-16(17(14)21-15)19-11-10-18-13/h1-11H. The highest BCUT2D eigenvalue weighted by atomic mass is 32.1. The first-order valence-corrected chi connectivity index (χ1v) is 7.45. The van der Waals surface area contributed by atoms with E-state index in [2.05, 4.69) is 33.2 Å². The monoisotopic (exact) mass is 289 g/mol. The van der Waals surface area contributed by atoms with E-state index in [1.165, 1.54) is 5.56 Å². The van der Waals surface area contributed by atoms with Crippen molar-refractivity contribution < 1.29 is 0 Å². The molecule has 0 aliphatic rings. The van der Waals surface area contributed by atoms with Crippen molar-refractivity contribution in [2.75, 3.05) is 0 Å². The molecule has 0 aliphatic carbocycles. The Morgan fingerprint density at radius 1 is 0.810 bits per heavy atom. The minimum absolute atomic E-state index is 0.909. The van der Waals surface area contributed by atoms with Crippen LogP contribution in [-0.4, -0.2) is 15.0 Å². The van der Waals surface area contributed by atoms with Crippen molar-refractivity contribution in [3.05, 3.63) is 65.4 Å². The summed E-state index contributed by atoms with van der Waals surface area (Å²) in [5.74, 6) is 0. The number of nitrogens with zero attached hydrogens (tertiary/aromatic N) is 3. The van der Waals surface area contributed by atoms with Gasteiger partial charge in [0.2, 0.25) is 0 Å². The van der Waals surface area contributed by atoms with E-state index in [0.717, 1.165) is 26.3 Å².